The Labute approximate surface area is 136 Å². The molecule has 0 aromatic heterocycles. The summed E-state index contributed by atoms with van der Waals surface area (Å²) in [7, 11) is 0. The fourth-order valence-corrected chi connectivity index (χ4v) is 1.89. The van der Waals surface area contributed by atoms with Crippen molar-refractivity contribution in [3.05, 3.63) is 35.4 Å². The van der Waals surface area contributed by atoms with Crippen molar-refractivity contribution < 1.29 is 29.1 Å². The minimum absolute atomic E-state index is 0.248. The summed E-state index contributed by atoms with van der Waals surface area (Å²) in [4.78, 5) is 31.4. The smallest absolute Gasteiger partial charge is 0.432 e. The van der Waals surface area contributed by atoms with Crippen molar-refractivity contribution in [3.8, 4) is 0 Å². The number of unbranched alkanes of at least 4 members (excludes halogenated alkanes) is 4. The molecule has 6 heteroatoms. The zero-order valence-electron chi connectivity index (χ0n) is 13.7. The molecule has 0 aliphatic carbocycles. The van der Waals surface area contributed by atoms with Gasteiger partial charge in [-0.25, -0.2) is 14.5 Å². The van der Waals surface area contributed by atoms with Crippen LogP contribution in [0.3, 0.4) is 0 Å². The van der Waals surface area contributed by atoms with Crippen LogP contribution in [-0.4, -0.2) is 18.7 Å². The maximum absolute atomic E-state index is 11.6. The third-order valence-electron chi connectivity index (χ3n) is 3.28. The van der Waals surface area contributed by atoms with Crippen molar-refractivity contribution in [2.75, 3.05) is 6.61 Å². The van der Waals surface area contributed by atoms with Crippen LogP contribution in [0.15, 0.2) is 24.3 Å². The Morgan fingerprint density at radius 3 is 2.26 bits per heavy atom. The van der Waals surface area contributed by atoms with E-state index in [1.54, 1.807) is 12.1 Å². The first-order valence-electron chi connectivity index (χ1n) is 7.98. The second kappa shape index (κ2) is 11.5. The second-order valence-corrected chi connectivity index (χ2v) is 5.09. The first kappa shape index (κ1) is 19.0. The maximum atomic E-state index is 11.6. The lowest BCUT2D eigenvalue weighted by Gasteiger charge is -2.04. The Hall–Kier alpha value is -2.08. The van der Waals surface area contributed by atoms with E-state index >= 15 is 0 Å². The molecule has 1 rings (SSSR count). The van der Waals surface area contributed by atoms with Gasteiger partial charge in [0.2, 0.25) is 0 Å². The van der Waals surface area contributed by atoms with Crippen molar-refractivity contribution in [3.63, 3.8) is 0 Å². The third kappa shape index (κ3) is 8.21. The molecule has 0 heterocycles. The SMILES string of the molecule is CCCCCCCOC(=O)OOOC(=O)c1ccc(CC)cc1. The molecule has 0 atom stereocenters. The highest BCUT2D eigenvalue weighted by Gasteiger charge is 2.11. The summed E-state index contributed by atoms with van der Waals surface area (Å²) in [6, 6.07) is 6.84. The fraction of sp³-hybridized carbons (Fsp3) is 0.529. The standard InChI is InChI=1S/C17H24O6/c1-3-5-6-7-8-13-20-17(19)22-23-21-16(18)15-11-9-14(4-2)10-12-15/h9-12H,3-8,13H2,1-2H3. The van der Waals surface area contributed by atoms with Crippen LogP contribution < -0.4 is 0 Å². The van der Waals surface area contributed by atoms with Gasteiger partial charge in [-0.3, -0.25) is 4.89 Å². The van der Waals surface area contributed by atoms with Crippen LogP contribution in [0, 0.1) is 0 Å². The van der Waals surface area contributed by atoms with Crippen molar-refractivity contribution in [1.82, 2.24) is 0 Å². The number of benzene rings is 1. The first-order valence-corrected chi connectivity index (χ1v) is 7.98. The molecule has 128 valence electrons. The Balaban J connectivity index is 2.12. The van der Waals surface area contributed by atoms with Crippen molar-refractivity contribution in [2.45, 2.75) is 52.4 Å². The van der Waals surface area contributed by atoms with Gasteiger partial charge in [0.05, 0.1) is 17.2 Å². The predicted molar refractivity (Wildman–Crippen MR) is 83.5 cm³/mol. The Kier molecular flexibility index (Phi) is 9.47. The lowest BCUT2D eigenvalue weighted by Crippen LogP contribution is -2.12. The normalized spacial score (nSPS) is 10.2. The van der Waals surface area contributed by atoms with Gasteiger partial charge in [-0.2, -0.15) is 0 Å². The molecule has 0 radical (unpaired) electrons. The average Bonchev–Trinajstić information content (AvgIpc) is 2.58. The zero-order valence-corrected chi connectivity index (χ0v) is 13.7. The van der Waals surface area contributed by atoms with Crippen LogP contribution in [0.1, 0.15) is 61.9 Å². The van der Waals surface area contributed by atoms with Gasteiger partial charge in [0.15, 0.2) is 0 Å². The van der Waals surface area contributed by atoms with Crippen molar-refractivity contribution in [1.29, 1.82) is 0 Å². The minimum Gasteiger partial charge on any atom is -0.432 e. The summed E-state index contributed by atoms with van der Waals surface area (Å²) in [6.07, 6.45) is 5.03. The third-order valence-corrected chi connectivity index (χ3v) is 3.28. The van der Waals surface area contributed by atoms with Crippen LogP contribution in [0.4, 0.5) is 4.79 Å². The summed E-state index contributed by atoms with van der Waals surface area (Å²) in [5.74, 6) is -0.750. The molecule has 0 spiro atoms. The molecule has 0 saturated heterocycles. The molecule has 6 nitrogen and oxygen atoms in total. The molecule has 0 fully saturated rings. The van der Waals surface area contributed by atoms with Crippen LogP contribution in [-0.2, 0) is 26.0 Å². The molecule has 0 amide bonds. The average molecular weight is 324 g/mol. The van der Waals surface area contributed by atoms with E-state index in [0.29, 0.717) is 5.56 Å². The molecule has 0 aliphatic heterocycles. The Morgan fingerprint density at radius 2 is 1.61 bits per heavy atom. The van der Waals surface area contributed by atoms with Gasteiger partial charge >= 0.3 is 12.1 Å². The summed E-state index contributed by atoms with van der Waals surface area (Å²) < 4.78 is 4.76. The zero-order chi connectivity index (χ0) is 16.9. The molecule has 0 unspecified atom stereocenters. The van der Waals surface area contributed by atoms with Gasteiger partial charge in [-0.05, 0) is 30.5 Å². The quantitative estimate of drug-likeness (QED) is 0.275. The Bertz CT molecular complexity index is 468. The monoisotopic (exact) mass is 324 g/mol. The van der Waals surface area contributed by atoms with Crippen LogP contribution in [0.25, 0.3) is 0 Å². The van der Waals surface area contributed by atoms with Gasteiger partial charge in [-0.1, -0.05) is 51.7 Å². The van der Waals surface area contributed by atoms with Gasteiger partial charge in [0.25, 0.3) is 0 Å². The van der Waals surface area contributed by atoms with E-state index in [2.05, 4.69) is 21.7 Å². The van der Waals surface area contributed by atoms with Gasteiger partial charge in [0.1, 0.15) is 0 Å². The number of carbonyl (C=O) groups is 2. The molecule has 23 heavy (non-hydrogen) atoms. The number of aryl methyl sites for hydroxylation is 1. The lowest BCUT2D eigenvalue weighted by atomic mass is 10.1. The van der Waals surface area contributed by atoms with E-state index in [4.69, 9.17) is 4.74 Å². The molecular formula is C17H24O6. The number of carbonyl (C=O) groups excluding carboxylic acids is 2. The first-order chi connectivity index (χ1) is 11.2. The van der Waals surface area contributed by atoms with E-state index in [1.165, 1.54) is 6.42 Å². The number of ether oxygens (including phenoxy) is 1. The van der Waals surface area contributed by atoms with Crippen LogP contribution >= 0.6 is 0 Å². The second-order valence-electron chi connectivity index (χ2n) is 5.09. The van der Waals surface area contributed by atoms with Crippen LogP contribution in [0.5, 0.6) is 0 Å². The van der Waals surface area contributed by atoms with Crippen molar-refractivity contribution in [2.24, 2.45) is 0 Å². The molecule has 0 saturated carbocycles. The predicted octanol–water partition coefficient (Wildman–Crippen LogP) is 4.38. The van der Waals surface area contributed by atoms with E-state index < -0.39 is 12.1 Å². The van der Waals surface area contributed by atoms with Crippen LogP contribution in [0.2, 0.25) is 0 Å². The largest absolute Gasteiger partial charge is 0.543 e. The molecule has 0 aliphatic rings. The fourth-order valence-electron chi connectivity index (χ4n) is 1.89. The Morgan fingerprint density at radius 1 is 0.913 bits per heavy atom. The number of hydrogen-bond donors (Lipinski definition) is 0. The molecule has 0 bridgehead atoms. The number of hydrogen-bond acceptors (Lipinski definition) is 6. The summed E-state index contributed by atoms with van der Waals surface area (Å²) in [5.41, 5.74) is 1.40. The summed E-state index contributed by atoms with van der Waals surface area (Å²) in [5, 5.41) is 4.14. The van der Waals surface area contributed by atoms with Crippen molar-refractivity contribution >= 4 is 12.1 Å². The van der Waals surface area contributed by atoms with E-state index in [1.807, 2.05) is 19.1 Å². The molecule has 1 aromatic carbocycles. The highest BCUT2D eigenvalue weighted by Crippen LogP contribution is 2.07. The highest BCUT2D eigenvalue weighted by atomic mass is 17.5. The van der Waals surface area contributed by atoms with E-state index in [-0.39, 0.29) is 6.61 Å². The summed E-state index contributed by atoms with van der Waals surface area (Å²) in [6.45, 7) is 4.39. The molecule has 1 aromatic rings. The molecule has 0 N–H and O–H groups in total. The number of rotatable bonds is 10. The summed E-state index contributed by atoms with van der Waals surface area (Å²) >= 11 is 0. The van der Waals surface area contributed by atoms with Gasteiger partial charge < -0.3 is 4.74 Å². The van der Waals surface area contributed by atoms with E-state index in [0.717, 1.165) is 37.7 Å². The minimum atomic E-state index is -1.03. The molecular weight excluding hydrogens is 300 g/mol. The lowest BCUT2D eigenvalue weighted by molar-refractivity contribution is -0.452. The maximum Gasteiger partial charge on any atom is 0.543 e. The van der Waals surface area contributed by atoms with E-state index in [9.17, 15) is 9.59 Å². The van der Waals surface area contributed by atoms with Gasteiger partial charge in [0, 0.05) is 0 Å². The topological polar surface area (TPSA) is 71.1 Å². The highest BCUT2D eigenvalue weighted by molar-refractivity contribution is 5.88. The van der Waals surface area contributed by atoms with Gasteiger partial charge in [-0.15, -0.1) is 0 Å².